The van der Waals surface area contributed by atoms with Gasteiger partial charge in [-0.2, -0.15) is 0 Å². The summed E-state index contributed by atoms with van der Waals surface area (Å²) in [5.41, 5.74) is 17.8. The normalized spacial score (nSPS) is 21.5. The van der Waals surface area contributed by atoms with E-state index in [1.807, 2.05) is 66.7 Å². The van der Waals surface area contributed by atoms with Crippen LogP contribution in [0.2, 0.25) is 0 Å². The van der Waals surface area contributed by atoms with Gasteiger partial charge < -0.3 is 59.1 Å². The number of carbonyl (C=O) groups excluding carboxylic acids is 7. The van der Waals surface area contributed by atoms with Gasteiger partial charge in [-0.15, -0.1) is 0 Å². The van der Waals surface area contributed by atoms with Gasteiger partial charge in [-0.1, -0.05) is 60.7 Å². The van der Waals surface area contributed by atoms with E-state index >= 15 is 0 Å². The summed E-state index contributed by atoms with van der Waals surface area (Å²) in [6.45, 7) is 2.97. The first-order chi connectivity index (χ1) is 31.1. The number of aliphatic imine (C=N–C) groups is 1. The van der Waals surface area contributed by atoms with Gasteiger partial charge in [0.05, 0.1) is 6.33 Å². The average Bonchev–Trinajstić information content (AvgIpc) is 3.94. The highest BCUT2D eigenvalue weighted by Gasteiger charge is 2.36. The first-order valence-corrected chi connectivity index (χ1v) is 21.2. The van der Waals surface area contributed by atoms with Crippen LogP contribution < -0.4 is 49.1 Å². The van der Waals surface area contributed by atoms with E-state index in [1.54, 1.807) is 6.20 Å². The van der Waals surface area contributed by atoms with Gasteiger partial charge in [0.1, 0.15) is 35.7 Å². The van der Waals surface area contributed by atoms with E-state index in [0.717, 1.165) is 21.7 Å². The minimum atomic E-state index is -1.60. The summed E-state index contributed by atoms with van der Waals surface area (Å²) in [7, 11) is 0. The summed E-state index contributed by atoms with van der Waals surface area (Å²) in [5.74, 6) is -5.59. The Morgan fingerprint density at radius 1 is 0.738 bits per heavy atom. The Hall–Kier alpha value is -7.77. The number of aromatic amines is 2. The van der Waals surface area contributed by atoms with Crippen LogP contribution in [0.3, 0.4) is 0 Å². The maximum atomic E-state index is 14.6. The second-order valence-corrected chi connectivity index (χ2v) is 16.6. The first kappa shape index (κ1) is 46.7. The highest BCUT2D eigenvalue weighted by molar-refractivity contribution is 5.98. The number of aromatic nitrogens is 3. The molecule has 5 aromatic rings. The smallest absolute Gasteiger partial charge is 0.245 e. The molecule has 1 aliphatic rings. The molecule has 0 unspecified atom stereocenters. The number of nitrogens with two attached hydrogens (primary N) is 3. The van der Waals surface area contributed by atoms with Crippen LogP contribution in [0.1, 0.15) is 56.4 Å². The molecule has 3 heterocycles. The molecule has 20 heteroatoms. The Morgan fingerprint density at radius 2 is 1.38 bits per heavy atom. The second-order valence-electron chi connectivity index (χ2n) is 16.6. The number of hydrogen-bond acceptors (Lipinski definition) is 9. The summed E-state index contributed by atoms with van der Waals surface area (Å²) in [4.78, 5) is 112. The van der Waals surface area contributed by atoms with Gasteiger partial charge in [-0.05, 0) is 61.1 Å². The van der Waals surface area contributed by atoms with E-state index in [1.165, 1.54) is 26.4 Å². The van der Waals surface area contributed by atoms with Crippen molar-refractivity contribution >= 4 is 69.0 Å². The number of rotatable bonds is 11. The molecule has 342 valence electrons. The van der Waals surface area contributed by atoms with Crippen molar-refractivity contribution < 1.29 is 33.6 Å². The zero-order chi connectivity index (χ0) is 46.7. The van der Waals surface area contributed by atoms with E-state index in [2.05, 4.69) is 51.8 Å². The number of carbonyl (C=O) groups is 7. The molecule has 0 saturated carbocycles. The Bertz CT molecular complexity index is 2570. The first-order valence-electron chi connectivity index (χ1n) is 21.2. The van der Waals surface area contributed by atoms with Crippen LogP contribution >= 0.6 is 0 Å². The molecule has 0 aliphatic carbocycles. The number of guanidine groups is 1. The number of fused-ring (bicyclic) bond motifs is 2. The third-order valence-electron chi connectivity index (χ3n) is 11.1. The average molecular weight is 890 g/mol. The molecule has 0 radical (unpaired) electrons. The Balaban J connectivity index is 1.40. The molecular formula is C45H55N13O7. The van der Waals surface area contributed by atoms with Crippen LogP contribution in [0.15, 0.2) is 90.4 Å². The van der Waals surface area contributed by atoms with Crippen LogP contribution in [-0.4, -0.2) is 105 Å². The van der Waals surface area contributed by atoms with Crippen molar-refractivity contribution in [1.29, 1.82) is 0 Å². The van der Waals surface area contributed by atoms with Gasteiger partial charge in [0.25, 0.3) is 0 Å². The van der Waals surface area contributed by atoms with E-state index < -0.39 is 77.1 Å². The number of primary amides is 1. The maximum absolute atomic E-state index is 14.6. The highest BCUT2D eigenvalue weighted by Crippen LogP contribution is 2.21. The summed E-state index contributed by atoms with van der Waals surface area (Å²) < 4.78 is 0. The molecule has 1 aliphatic heterocycles. The van der Waals surface area contributed by atoms with Crippen molar-refractivity contribution in [3.63, 3.8) is 0 Å². The van der Waals surface area contributed by atoms with Crippen LogP contribution in [0.4, 0.5) is 0 Å². The van der Waals surface area contributed by atoms with Gasteiger partial charge >= 0.3 is 0 Å². The number of imidazole rings is 1. The second kappa shape index (κ2) is 21.1. The lowest BCUT2D eigenvalue weighted by Gasteiger charge is -2.30. The maximum Gasteiger partial charge on any atom is 0.245 e. The number of para-hydroxylation sites is 1. The molecule has 0 spiro atoms. The van der Waals surface area contributed by atoms with Crippen molar-refractivity contribution in [2.75, 3.05) is 6.54 Å². The van der Waals surface area contributed by atoms with Gasteiger partial charge in [0.15, 0.2) is 5.96 Å². The molecule has 65 heavy (non-hydrogen) atoms. The Labute approximate surface area is 374 Å². The van der Waals surface area contributed by atoms with E-state index in [4.69, 9.17) is 17.2 Å². The summed E-state index contributed by atoms with van der Waals surface area (Å²) in [6.07, 6.45) is 3.98. The van der Waals surface area contributed by atoms with E-state index in [0.29, 0.717) is 16.8 Å². The molecule has 6 rings (SSSR count). The lowest BCUT2D eigenvalue weighted by atomic mass is 9.99. The van der Waals surface area contributed by atoms with E-state index in [-0.39, 0.29) is 57.5 Å². The fourth-order valence-corrected chi connectivity index (χ4v) is 7.60. The quantitative estimate of drug-likeness (QED) is 0.0468. The van der Waals surface area contributed by atoms with Crippen LogP contribution in [-0.2, 0) is 52.8 Å². The minimum absolute atomic E-state index is 0.0149. The summed E-state index contributed by atoms with van der Waals surface area (Å²) in [5, 5.41) is 19.0. The van der Waals surface area contributed by atoms with Crippen molar-refractivity contribution in [1.82, 2.24) is 46.9 Å². The number of benzene rings is 3. The predicted octanol–water partition coefficient (Wildman–Crippen LogP) is -0.276. The fourth-order valence-electron chi connectivity index (χ4n) is 7.60. The molecule has 3 aromatic carbocycles. The van der Waals surface area contributed by atoms with Crippen molar-refractivity contribution in [3.05, 3.63) is 102 Å². The molecule has 14 N–H and O–H groups in total. The molecule has 1 saturated heterocycles. The number of nitrogens with one attached hydrogen (secondary N) is 8. The Morgan fingerprint density at radius 3 is 2.09 bits per heavy atom. The predicted molar refractivity (Wildman–Crippen MR) is 242 cm³/mol. The Kier molecular flexibility index (Phi) is 15.1. The minimum Gasteiger partial charge on any atom is -0.370 e. The van der Waals surface area contributed by atoms with Gasteiger partial charge in [0.2, 0.25) is 41.4 Å². The molecule has 7 amide bonds. The summed E-state index contributed by atoms with van der Waals surface area (Å²) in [6, 6.07) is 13.9. The number of nitrogens with zero attached hydrogens (tertiary/aromatic N) is 2. The van der Waals surface area contributed by atoms with Crippen molar-refractivity contribution in [2.24, 2.45) is 22.2 Å². The van der Waals surface area contributed by atoms with Crippen LogP contribution in [0, 0.1) is 0 Å². The fraction of sp³-hybridized carbons (Fsp3) is 0.356. The molecule has 2 aromatic heterocycles. The molecule has 5 atom stereocenters. The lowest BCUT2D eigenvalue weighted by Crippen LogP contribution is -2.62. The molecular weight excluding hydrogens is 835 g/mol. The zero-order valence-corrected chi connectivity index (χ0v) is 36.1. The van der Waals surface area contributed by atoms with Crippen molar-refractivity contribution in [2.45, 2.75) is 94.5 Å². The monoisotopic (exact) mass is 889 g/mol. The topological polar surface area (TPSA) is 327 Å². The van der Waals surface area contributed by atoms with Crippen molar-refractivity contribution in [3.8, 4) is 0 Å². The largest absolute Gasteiger partial charge is 0.370 e. The molecule has 1 fully saturated rings. The SMILES string of the molecule is CC1(C)NC(=O)CC[C@@H](C(N)=O)NC(=O)[C@H](Cc2c[nH]c3ccccc23)NC(=O)[C@H](CCCN=C(N)N)NC(=O)[C@@H](Cc2ccc3ccccc3c2)NC(=O)[C@H](Cc2cnc[nH]2)NC1=O. The lowest BCUT2D eigenvalue weighted by molar-refractivity contribution is -0.137. The zero-order valence-electron chi connectivity index (χ0n) is 36.1. The van der Waals surface area contributed by atoms with Crippen LogP contribution in [0.25, 0.3) is 21.7 Å². The number of H-pyrrole nitrogens is 2. The highest BCUT2D eigenvalue weighted by atomic mass is 16.2. The standard InChI is InChI=1S/C45H55N13O7/c1-45(2)43(65)57-36(21-29-23-49-24-52-29)42(64)55-34(19-25-13-14-26-8-3-4-9-27(26)18-25)40(62)54-33(12-7-17-50-44(47)48)39(61)56-35(20-28-22-51-31-11-6-5-10-30(28)31)41(63)53-32(38(46)60)15-16-37(59)58-45/h3-6,8-11,13-14,18,22-24,32-36,51H,7,12,15-17,19-21H2,1-2H3,(H2,46,60)(H,49,52)(H,53,63)(H,54,62)(H,55,64)(H,56,61)(H,57,65)(H,58,59)(H4,47,48,50)/t32-,33-,34+,35-,36-/m0/s1. The van der Waals surface area contributed by atoms with Crippen LogP contribution in [0.5, 0.6) is 0 Å². The van der Waals surface area contributed by atoms with Gasteiger partial charge in [-0.25, -0.2) is 4.98 Å². The summed E-state index contributed by atoms with van der Waals surface area (Å²) >= 11 is 0. The molecule has 0 bridgehead atoms. The van der Waals surface area contributed by atoms with Gasteiger partial charge in [-0.3, -0.25) is 38.6 Å². The third-order valence-corrected chi connectivity index (χ3v) is 11.1. The van der Waals surface area contributed by atoms with E-state index in [9.17, 15) is 33.6 Å². The number of amides is 7. The third kappa shape index (κ3) is 12.7. The van der Waals surface area contributed by atoms with Gasteiger partial charge in [0, 0.05) is 61.2 Å². The number of hydrogen-bond donors (Lipinski definition) is 11. The molecule has 20 nitrogen and oxygen atoms in total.